The van der Waals surface area contributed by atoms with Crippen molar-refractivity contribution in [2.24, 2.45) is 11.3 Å². The van der Waals surface area contributed by atoms with E-state index in [4.69, 9.17) is 0 Å². The second-order valence-corrected chi connectivity index (χ2v) is 3.77. The predicted molar refractivity (Wildman–Crippen MR) is 46.7 cm³/mol. The summed E-state index contributed by atoms with van der Waals surface area (Å²) in [4.78, 5) is 21.7. The zero-order valence-electron chi connectivity index (χ0n) is 7.38. The highest BCUT2D eigenvalue weighted by atomic mass is 16.1. The van der Waals surface area contributed by atoms with Gasteiger partial charge in [-0.05, 0) is 18.3 Å². The highest BCUT2D eigenvalue weighted by Gasteiger charge is 2.34. The molecule has 1 aliphatic rings. The maximum Gasteiger partial charge on any atom is 0.143 e. The van der Waals surface area contributed by atoms with Crippen LogP contribution in [-0.2, 0) is 9.59 Å². The van der Waals surface area contributed by atoms with E-state index in [1.54, 1.807) is 0 Å². The van der Waals surface area contributed by atoms with Crippen LogP contribution in [0, 0.1) is 11.3 Å². The van der Waals surface area contributed by atoms with Gasteiger partial charge in [0.1, 0.15) is 12.1 Å². The van der Waals surface area contributed by atoms with E-state index in [0.717, 1.165) is 12.7 Å². The molecule has 0 aromatic carbocycles. The lowest BCUT2D eigenvalue weighted by molar-refractivity contribution is -0.131. The minimum atomic E-state index is -0.387. The molecule has 0 radical (unpaired) electrons. The Morgan fingerprint density at radius 2 is 2.33 bits per heavy atom. The molecule has 0 saturated heterocycles. The second kappa shape index (κ2) is 3.21. The van der Waals surface area contributed by atoms with Crippen molar-refractivity contribution in [3.8, 4) is 0 Å². The van der Waals surface area contributed by atoms with Crippen LogP contribution in [0.1, 0.15) is 26.2 Å². The first-order valence-corrected chi connectivity index (χ1v) is 4.23. The van der Waals surface area contributed by atoms with Crippen molar-refractivity contribution < 1.29 is 9.59 Å². The number of rotatable bonds is 2. The van der Waals surface area contributed by atoms with Gasteiger partial charge in [-0.1, -0.05) is 13.0 Å². The molecule has 0 N–H and O–H groups in total. The van der Waals surface area contributed by atoms with Gasteiger partial charge < -0.3 is 4.79 Å². The highest BCUT2D eigenvalue weighted by Crippen LogP contribution is 2.37. The van der Waals surface area contributed by atoms with Gasteiger partial charge >= 0.3 is 0 Å². The summed E-state index contributed by atoms with van der Waals surface area (Å²) in [5, 5.41) is 0. The lowest BCUT2D eigenvalue weighted by Gasteiger charge is -2.32. The van der Waals surface area contributed by atoms with E-state index in [-0.39, 0.29) is 17.1 Å². The normalized spacial score (nSPS) is 36.1. The molecule has 2 atom stereocenters. The fourth-order valence-electron chi connectivity index (χ4n) is 1.62. The van der Waals surface area contributed by atoms with Crippen LogP contribution in [-0.4, -0.2) is 12.1 Å². The topological polar surface area (TPSA) is 34.1 Å². The molecule has 1 saturated carbocycles. The van der Waals surface area contributed by atoms with Crippen LogP contribution in [0.2, 0.25) is 0 Å². The van der Waals surface area contributed by atoms with Gasteiger partial charge in [0.25, 0.3) is 0 Å². The number of allylic oxidation sites excluding steroid dienone is 1. The molecule has 0 heterocycles. The van der Waals surface area contributed by atoms with Crippen LogP contribution in [0.5, 0.6) is 0 Å². The molecular weight excluding hydrogens is 152 g/mol. The summed E-state index contributed by atoms with van der Waals surface area (Å²) in [5.74, 6) is -0.300. The maximum atomic E-state index is 11.2. The molecule has 1 rings (SSSR count). The summed E-state index contributed by atoms with van der Waals surface area (Å²) in [6, 6.07) is 0. The molecule has 12 heavy (non-hydrogen) atoms. The van der Waals surface area contributed by atoms with Crippen LogP contribution in [0.15, 0.2) is 12.7 Å². The molecule has 0 aliphatic heterocycles. The average Bonchev–Trinajstić information content (AvgIpc) is 2.10. The fourth-order valence-corrected chi connectivity index (χ4v) is 1.62. The average molecular weight is 166 g/mol. The third kappa shape index (κ3) is 1.63. The molecule has 0 spiro atoms. The monoisotopic (exact) mass is 166 g/mol. The Balaban J connectivity index is 2.73. The van der Waals surface area contributed by atoms with E-state index in [9.17, 15) is 9.59 Å². The van der Waals surface area contributed by atoms with E-state index in [1.807, 2.05) is 13.0 Å². The quantitative estimate of drug-likeness (QED) is 0.356. The number of carbonyl (C=O) groups excluding carboxylic acids is 2. The SMILES string of the molecule is C=CC1(C)CCC(=O)C(C=O)C1. The molecule has 66 valence electrons. The molecule has 1 aliphatic carbocycles. The summed E-state index contributed by atoms with van der Waals surface area (Å²) in [7, 11) is 0. The zero-order valence-corrected chi connectivity index (χ0v) is 7.38. The van der Waals surface area contributed by atoms with Crippen LogP contribution in [0.4, 0.5) is 0 Å². The number of hydrogen-bond acceptors (Lipinski definition) is 2. The third-order valence-corrected chi connectivity index (χ3v) is 2.70. The first-order valence-electron chi connectivity index (χ1n) is 4.23. The summed E-state index contributed by atoms with van der Waals surface area (Å²) < 4.78 is 0. The highest BCUT2D eigenvalue weighted by molar-refractivity contribution is 5.94. The number of aldehydes is 1. The van der Waals surface area contributed by atoms with Crippen molar-refractivity contribution >= 4 is 12.1 Å². The first kappa shape index (κ1) is 9.17. The van der Waals surface area contributed by atoms with E-state index in [2.05, 4.69) is 6.58 Å². The van der Waals surface area contributed by atoms with Crippen molar-refractivity contribution in [2.75, 3.05) is 0 Å². The largest absolute Gasteiger partial charge is 0.303 e. The predicted octanol–water partition coefficient (Wildman–Crippen LogP) is 1.75. The van der Waals surface area contributed by atoms with Gasteiger partial charge in [0, 0.05) is 6.42 Å². The van der Waals surface area contributed by atoms with Gasteiger partial charge in [0.2, 0.25) is 0 Å². The lowest BCUT2D eigenvalue weighted by Crippen LogP contribution is -2.31. The second-order valence-electron chi connectivity index (χ2n) is 3.77. The van der Waals surface area contributed by atoms with E-state index in [0.29, 0.717) is 12.8 Å². The molecule has 0 amide bonds. The van der Waals surface area contributed by atoms with Crippen molar-refractivity contribution in [1.82, 2.24) is 0 Å². The Bertz CT molecular complexity index is 220. The Kier molecular flexibility index (Phi) is 2.46. The molecule has 1 fully saturated rings. The maximum absolute atomic E-state index is 11.2. The summed E-state index contributed by atoms with van der Waals surface area (Å²) in [5.41, 5.74) is -0.0144. The third-order valence-electron chi connectivity index (χ3n) is 2.70. The summed E-state index contributed by atoms with van der Waals surface area (Å²) in [6.45, 7) is 5.77. The van der Waals surface area contributed by atoms with Crippen LogP contribution < -0.4 is 0 Å². The first-order chi connectivity index (χ1) is 5.61. The number of ketones is 1. The van der Waals surface area contributed by atoms with Crippen LogP contribution in [0.25, 0.3) is 0 Å². The van der Waals surface area contributed by atoms with E-state index in [1.165, 1.54) is 0 Å². The van der Waals surface area contributed by atoms with Crippen LogP contribution >= 0.6 is 0 Å². The number of hydrogen-bond donors (Lipinski definition) is 0. The molecule has 2 unspecified atom stereocenters. The van der Waals surface area contributed by atoms with Gasteiger partial charge in [-0.2, -0.15) is 0 Å². The van der Waals surface area contributed by atoms with Crippen LogP contribution in [0.3, 0.4) is 0 Å². The molecule has 2 heteroatoms. The summed E-state index contributed by atoms with van der Waals surface area (Å²) >= 11 is 0. The summed E-state index contributed by atoms with van der Waals surface area (Å²) in [6.07, 6.45) is 4.61. The van der Waals surface area contributed by atoms with E-state index < -0.39 is 0 Å². The van der Waals surface area contributed by atoms with Gasteiger partial charge in [-0.15, -0.1) is 6.58 Å². The Morgan fingerprint density at radius 1 is 1.67 bits per heavy atom. The molecular formula is C10H14O2. The Hall–Kier alpha value is -0.920. The fraction of sp³-hybridized carbons (Fsp3) is 0.600. The molecule has 2 nitrogen and oxygen atoms in total. The van der Waals surface area contributed by atoms with E-state index >= 15 is 0 Å². The number of Topliss-reactive ketones (excluding diaryl/α,β-unsaturated/α-hetero) is 1. The smallest absolute Gasteiger partial charge is 0.143 e. The molecule has 0 bridgehead atoms. The van der Waals surface area contributed by atoms with Crippen molar-refractivity contribution in [2.45, 2.75) is 26.2 Å². The zero-order chi connectivity index (χ0) is 9.19. The Labute approximate surface area is 72.7 Å². The minimum Gasteiger partial charge on any atom is -0.303 e. The van der Waals surface area contributed by atoms with Crippen molar-refractivity contribution in [3.05, 3.63) is 12.7 Å². The van der Waals surface area contributed by atoms with Gasteiger partial charge in [0.15, 0.2) is 0 Å². The van der Waals surface area contributed by atoms with Gasteiger partial charge in [-0.25, -0.2) is 0 Å². The van der Waals surface area contributed by atoms with Crippen molar-refractivity contribution in [3.63, 3.8) is 0 Å². The minimum absolute atomic E-state index is 0.0144. The molecule has 0 aromatic rings. The van der Waals surface area contributed by atoms with Gasteiger partial charge in [0.05, 0.1) is 5.92 Å². The molecule has 0 aromatic heterocycles. The van der Waals surface area contributed by atoms with Crippen molar-refractivity contribution in [1.29, 1.82) is 0 Å². The van der Waals surface area contributed by atoms with Gasteiger partial charge in [-0.3, -0.25) is 4.79 Å². The lowest BCUT2D eigenvalue weighted by atomic mass is 9.71. The standard InChI is InChI=1S/C10H14O2/c1-3-10(2)5-4-9(12)8(6-10)7-11/h3,7-8H,1,4-6H2,2H3. The Morgan fingerprint density at radius 3 is 2.83 bits per heavy atom. The number of carbonyl (C=O) groups is 2.